The van der Waals surface area contributed by atoms with Gasteiger partial charge >= 0.3 is 5.97 Å². The van der Waals surface area contributed by atoms with Crippen LogP contribution >= 0.6 is 0 Å². The number of fused-ring (bicyclic) bond motifs is 1. The molecule has 0 amide bonds. The molecule has 0 aliphatic carbocycles. The van der Waals surface area contributed by atoms with Crippen LogP contribution in [0.3, 0.4) is 0 Å². The van der Waals surface area contributed by atoms with Crippen LogP contribution in [0.5, 0.6) is 0 Å². The Kier molecular flexibility index (Phi) is 3.80. The summed E-state index contributed by atoms with van der Waals surface area (Å²) >= 11 is 0. The van der Waals surface area contributed by atoms with Gasteiger partial charge in [-0.05, 0) is 19.9 Å². The SMILES string of the molecule is CC(C)Nc1cc(Nc2ccn3nccc3n2)ncc1C(=O)O. The Hall–Kier alpha value is -3.16. The van der Waals surface area contributed by atoms with E-state index in [0.29, 0.717) is 23.0 Å². The van der Waals surface area contributed by atoms with E-state index in [1.165, 1.54) is 6.20 Å². The third kappa shape index (κ3) is 3.20. The third-order valence-corrected chi connectivity index (χ3v) is 3.09. The second kappa shape index (κ2) is 5.91. The average molecular weight is 312 g/mol. The van der Waals surface area contributed by atoms with E-state index in [1.807, 2.05) is 13.8 Å². The summed E-state index contributed by atoms with van der Waals surface area (Å²) in [5.41, 5.74) is 1.34. The highest BCUT2D eigenvalue weighted by atomic mass is 16.4. The minimum Gasteiger partial charge on any atom is -0.478 e. The molecular formula is C15H16N6O2. The Morgan fingerprint density at radius 1 is 1.30 bits per heavy atom. The highest BCUT2D eigenvalue weighted by Gasteiger charge is 2.13. The molecule has 0 unspecified atom stereocenters. The molecule has 0 saturated carbocycles. The molecule has 0 radical (unpaired) electrons. The number of carbonyl (C=O) groups is 1. The zero-order chi connectivity index (χ0) is 16.4. The van der Waals surface area contributed by atoms with Crippen molar-refractivity contribution in [2.75, 3.05) is 10.6 Å². The van der Waals surface area contributed by atoms with Gasteiger partial charge in [0.1, 0.15) is 17.2 Å². The van der Waals surface area contributed by atoms with Gasteiger partial charge in [-0.15, -0.1) is 0 Å². The number of anilines is 3. The van der Waals surface area contributed by atoms with Gasteiger partial charge in [0.2, 0.25) is 0 Å². The normalized spacial score (nSPS) is 10.9. The van der Waals surface area contributed by atoms with Crippen LogP contribution in [-0.4, -0.2) is 36.7 Å². The van der Waals surface area contributed by atoms with Gasteiger partial charge in [-0.2, -0.15) is 5.10 Å². The molecule has 0 aliphatic heterocycles. The Morgan fingerprint density at radius 3 is 2.87 bits per heavy atom. The number of hydrogen-bond acceptors (Lipinski definition) is 6. The summed E-state index contributed by atoms with van der Waals surface area (Å²) in [6, 6.07) is 5.32. The number of pyridine rings is 1. The van der Waals surface area contributed by atoms with E-state index in [1.54, 1.807) is 35.1 Å². The average Bonchev–Trinajstić information content (AvgIpc) is 2.94. The zero-order valence-corrected chi connectivity index (χ0v) is 12.7. The van der Waals surface area contributed by atoms with Gasteiger partial charge in [0.15, 0.2) is 5.65 Å². The first-order chi connectivity index (χ1) is 11.0. The first-order valence-corrected chi connectivity index (χ1v) is 7.10. The molecule has 3 aromatic heterocycles. The molecule has 3 aromatic rings. The summed E-state index contributed by atoms with van der Waals surface area (Å²) in [4.78, 5) is 19.8. The van der Waals surface area contributed by atoms with Gasteiger partial charge in [0, 0.05) is 30.6 Å². The molecular weight excluding hydrogens is 296 g/mol. The van der Waals surface area contributed by atoms with Crippen LogP contribution in [-0.2, 0) is 0 Å². The Bertz CT molecular complexity index is 858. The molecule has 118 valence electrons. The summed E-state index contributed by atoms with van der Waals surface area (Å²) in [5, 5.41) is 19.5. The maximum atomic E-state index is 11.3. The van der Waals surface area contributed by atoms with Crippen LogP contribution in [0, 0.1) is 0 Å². The second-order valence-corrected chi connectivity index (χ2v) is 5.29. The standard InChI is InChI=1S/C15H16N6O2/c1-9(2)18-11-7-13(16-8-10(11)15(22)23)19-12-4-6-21-14(20-12)3-5-17-21/h3-9H,1-2H3,(H,22,23)(H2,16,18,19,20). The molecule has 0 atom stereocenters. The lowest BCUT2D eigenvalue weighted by atomic mass is 10.2. The fraction of sp³-hybridized carbons (Fsp3) is 0.200. The molecule has 8 nitrogen and oxygen atoms in total. The number of aromatic nitrogens is 4. The molecule has 8 heteroatoms. The predicted molar refractivity (Wildman–Crippen MR) is 86.2 cm³/mol. The number of carboxylic acid groups (broad SMARTS) is 1. The first kappa shape index (κ1) is 14.8. The number of nitrogens with zero attached hydrogens (tertiary/aromatic N) is 4. The fourth-order valence-electron chi connectivity index (χ4n) is 2.14. The number of carboxylic acids is 1. The lowest BCUT2D eigenvalue weighted by Gasteiger charge is -2.14. The van der Waals surface area contributed by atoms with E-state index in [4.69, 9.17) is 0 Å². The van der Waals surface area contributed by atoms with Crippen molar-refractivity contribution in [3.63, 3.8) is 0 Å². The summed E-state index contributed by atoms with van der Waals surface area (Å²) in [5.74, 6) is 0.0876. The summed E-state index contributed by atoms with van der Waals surface area (Å²) in [7, 11) is 0. The van der Waals surface area contributed by atoms with Crippen molar-refractivity contribution in [3.05, 3.63) is 42.4 Å². The van der Waals surface area contributed by atoms with Crippen molar-refractivity contribution in [1.29, 1.82) is 0 Å². The van der Waals surface area contributed by atoms with E-state index < -0.39 is 5.97 Å². The van der Waals surface area contributed by atoms with E-state index in [-0.39, 0.29) is 11.6 Å². The van der Waals surface area contributed by atoms with Gasteiger partial charge in [-0.3, -0.25) is 0 Å². The van der Waals surface area contributed by atoms with E-state index in [9.17, 15) is 9.90 Å². The summed E-state index contributed by atoms with van der Waals surface area (Å²) < 4.78 is 1.65. The molecule has 0 fully saturated rings. The molecule has 0 bridgehead atoms. The predicted octanol–water partition coefficient (Wildman–Crippen LogP) is 2.39. The lowest BCUT2D eigenvalue weighted by molar-refractivity contribution is 0.0697. The molecule has 3 N–H and O–H groups in total. The van der Waals surface area contributed by atoms with Crippen molar-refractivity contribution in [3.8, 4) is 0 Å². The van der Waals surface area contributed by atoms with Crippen LogP contribution in [0.2, 0.25) is 0 Å². The summed E-state index contributed by atoms with van der Waals surface area (Å²) in [6.45, 7) is 3.88. The van der Waals surface area contributed by atoms with Gasteiger partial charge in [0.25, 0.3) is 0 Å². The fourth-order valence-corrected chi connectivity index (χ4v) is 2.14. The largest absolute Gasteiger partial charge is 0.478 e. The summed E-state index contributed by atoms with van der Waals surface area (Å²) in [6.07, 6.45) is 4.77. The number of hydrogen-bond donors (Lipinski definition) is 3. The Balaban J connectivity index is 1.91. The maximum absolute atomic E-state index is 11.3. The van der Waals surface area contributed by atoms with E-state index in [0.717, 1.165) is 0 Å². The second-order valence-electron chi connectivity index (χ2n) is 5.29. The topological polar surface area (TPSA) is 104 Å². The van der Waals surface area contributed by atoms with Crippen molar-refractivity contribution < 1.29 is 9.90 Å². The Labute approximate surface area is 132 Å². The first-order valence-electron chi connectivity index (χ1n) is 7.10. The van der Waals surface area contributed by atoms with E-state index >= 15 is 0 Å². The quantitative estimate of drug-likeness (QED) is 0.664. The number of rotatable bonds is 5. The van der Waals surface area contributed by atoms with Crippen molar-refractivity contribution in [2.24, 2.45) is 0 Å². The zero-order valence-electron chi connectivity index (χ0n) is 12.7. The maximum Gasteiger partial charge on any atom is 0.339 e. The Morgan fingerprint density at radius 2 is 2.13 bits per heavy atom. The molecule has 0 spiro atoms. The van der Waals surface area contributed by atoms with E-state index in [2.05, 4.69) is 25.7 Å². The van der Waals surface area contributed by atoms with Crippen LogP contribution in [0.25, 0.3) is 5.65 Å². The highest BCUT2D eigenvalue weighted by Crippen LogP contribution is 2.22. The molecule has 3 rings (SSSR count). The van der Waals surface area contributed by atoms with Gasteiger partial charge < -0.3 is 15.7 Å². The monoisotopic (exact) mass is 312 g/mol. The lowest BCUT2D eigenvalue weighted by Crippen LogP contribution is -2.14. The minimum absolute atomic E-state index is 0.101. The van der Waals surface area contributed by atoms with Crippen LogP contribution < -0.4 is 10.6 Å². The van der Waals surface area contributed by atoms with Crippen LogP contribution in [0.1, 0.15) is 24.2 Å². The minimum atomic E-state index is -1.02. The smallest absolute Gasteiger partial charge is 0.339 e. The highest BCUT2D eigenvalue weighted by molar-refractivity contribution is 5.94. The number of aromatic carboxylic acids is 1. The van der Waals surface area contributed by atoms with Crippen molar-refractivity contribution >= 4 is 28.9 Å². The molecule has 0 aromatic carbocycles. The molecule has 0 aliphatic rings. The third-order valence-electron chi connectivity index (χ3n) is 3.09. The molecule has 0 saturated heterocycles. The van der Waals surface area contributed by atoms with Gasteiger partial charge in [0.05, 0.1) is 11.9 Å². The van der Waals surface area contributed by atoms with Gasteiger partial charge in [-0.1, -0.05) is 0 Å². The van der Waals surface area contributed by atoms with Gasteiger partial charge in [-0.25, -0.2) is 19.3 Å². The number of nitrogens with one attached hydrogen (secondary N) is 2. The van der Waals surface area contributed by atoms with Crippen LogP contribution in [0.4, 0.5) is 17.3 Å². The van der Waals surface area contributed by atoms with Crippen molar-refractivity contribution in [1.82, 2.24) is 19.6 Å². The van der Waals surface area contributed by atoms with Crippen molar-refractivity contribution in [2.45, 2.75) is 19.9 Å². The molecule has 3 heterocycles. The molecule has 23 heavy (non-hydrogen) atoms. The van der Waals surface area contributed by atoms with Crippen LogP contribution in [0.15, 0.2) is 36.8 Å².